The first-order valence-electron chi connectivity index (χ1n) is 9.75. The Hall–Kier alpha value is -3.64. The SMILES string of the molecule is COc1c(O[C@H]2O[C@@H](C(=O)O)[C@@H](O)[C@@H](O)[C@@H]2O)cc(O)c2c(=O)cc(-c3ccccc3)oc12. The molecule has 5 atom stereocenters. The van der Waals surface area contributed by atoms with Gasteiger partial charge in [0.25, 0.3) is 0 Å². The van der Waals surface area contributed by atoms with Crippen molar-refractivity contribution in [2.75, 3.05) is 7.11 Å². The number of rotatable bonds is 5. The number of benzene rings is 2. The lowest BCUT2D eigenvalue weighted by Gasteiger charge is -2.38. The Balaban J connectivity index is 1.81. The van der Waals surface area contributed by atoms with Crippen molar-refractivity contribution in [1.29, 1.82) is 0 Å². The number of aliphatic hydroxyl groups is 3. The Morgan fingerprint density at radius 2 is 1.73 bits per heavy atom. The van der Waals surface area contributed by atoms with Crippen LogP contribution in [0.3, 0.4) is 0 Å². The van der Waals surface area contributed by atoms with Gasteiger partial charge < -0.3 is 44.2 Å². The van der Waals surface area contributed by atoms with Gasteiger partial charge in [0.05, 0.1) is 7.11 Å². The second-order valence-corrected chi connectivity index (χ2v) is 7.33. The number of aliphatic hydroxyl groups excluding tert-OH is 3. The van der Waals surface area contributed by atoms with Gasteiger partial charge in [-0.1, -0.05) is 30.3 Å². The third kappa shape index (κ3) is 3.98. The molecule has 0 unspecified atom stereocenters. The number of carboxylic acids is 1. The number of phenols is 1. The van der Waals surface area contributed by atoms with E-state index in [1.807, 2.05) is 0 Å². The van der Waals surface area contributed by atoms with Crippen LogP contribution in [0.1, 0.15) is 0 Å². The summed E-state index contributed by atoms with van der Waals surface area (Å²) in [4.78, 5) is 24.0. The van der Waals surface area contributed by atoms with Crippen LogP contribution in [0.2, 0.25) is 0 Å². The maximum absolute atomic E-state index is 12.7. The molecule has 2 heterocycles. The highest BCUT2D eigenvalue weighted by atomic mass is 16.7. The molecular formula is C22H20O11. The summed E-state index contributed by atoms with van der Waals surface area (Å²) in [5.41, 5.74) is -0.146. The fraction of sp³-hybridized carbons (Fsp3) is 0.273. The molecule has 0 spiro atoms. The van der Waals surface area contributed by atoms with Crippen molar-refractivity contribution in [1.82, 2.24) is 0 Å². The number of carboxylic acid groups (broad SMARTS) is 1. The standard InChI is InChI=1S/C22H20O11/c1-30-18-13(32-22-17(27)15(25)16(26)20(33-22)21(28)29)8-11(24)14-10(23)7-12(31-19(14)18)9-5-3-2-4-6-9/h2-8,15-17,20,22,24-27H,1H3,(H,28,29)/t15-,16+,17+,20-,22+/m1/s1. The van der Waals surface area contributed by atoms with E-state index in [4.69, 9.17) is 18.6 Å². The molecule has 174 valence electrons. The van der Waals surface area contributed by atoms with Gasteiger partial charge in [-0.05, 0) is 0 Å². The van der Waals surface area contributed by atoms with Crippen LogP contribution in [0.15, 0.2) is 51.7 Å². The van der Waals surface area contributed by atoms with E-state index in [-0.39, 0.29) is 28.2 Å². The minimum atomic E-state index is -1.91. The Kier molecular flexibility index (Phi) is 5.95. The summed E-state index contributed by atoms with van der Waals surface area (Å²) in [5, 5.41) is 49.5. The number of hydrogen-bond acceptors (Lipinski definition) is 10. The van der Waals surface area contributed by atoms with Crippen LogP contribution in [-0.2, 0) is 9.53 Å². The normalized spacial score (nSPS) is 25.0. The van der Waals surface area contributed by atoms with E-state index in [9.17, 15) is 35.1 Å². The molecule has 2 aromatic carbocycles. The number of ether oxygens (including phenoxy) is 3. The molecule has 11 heteroatoms. The topological polar surface area (TPSA) is 176 Å². The van der Waals surface area contributed by atoms with Crippen molar-refractivity contribution in [2.24, 2.45) is 0 Å². The molecular weight excluding hydrogens is 440 g/mol. The van der Waals surface area contributed by atoms with Crippen molar-refractivity contribution < 1.29 is 49.0 Å². The van der Waals surface area contributed by atoms with Gasteiger partial charge in [0.15, 0.2) is 22.9 Å². The monoisotopic (exact) mass is 460 g/mol. The zero-order valence-electron chi connectivity index (χ0n) is 17.1. The molecule has 0 bridgehead atoms. The molecule has 4 rings (SSSR count). The van der Waals surface area contributed by atoms with E-state index in [0.29, 0.717) is 5.56 Å². The average molecular weight is 460 g/mol. The zero-order chi connectivity index (χ0) is 23.9. The summed E-state index contributed by atoms with van der Waals surface area (Å²) >= 11 is 0. The lowest BCUT2D eigenvalue weighted by Crippen LogP contribution is -2.61. The van der Waals surface area contributed by atoms with Gasteiger partial charge in [0, 0.05) is 17.7 Å². The van der Waals surface area contributed by atoms with E-state index in [0.717, 1.165) is 6.07 Å². The predicted octanol–water partition coefficient (Wildman–Crippen LogP) is 0.445. The number of methoxy groups -OCH3 is 1. The summed E-state index contributed by atoms with van der Waals surface area (Å²) in [7, 11) is 1.24. The summed E-state index contributed by atoms with van der Waals surface area (Å²) in [6.45, 7) is 0. The fourth-order valence-electron chi connectivity index (χ4n) is 3.57. The predicted molar refractivity (Wildman–Crippen MR) is 111 cm³/mol. The number of hydrogen-bond donors (Lipinski definition) is 5. The highest BCUT2D eigenvalue weighted by molar-refractivity contribution is 5.91. The molecule has 0 aliphatic carbocycles. The van der Waals surface area contributed by atoms with Gasteiger partial charge in [-0.2, -0.15) is 0 Å². The highest BCUT2D eigenvalue weighted by Crippen LogP contribution is 2.42. The summed E-state index contributed by atoms with van der Waals surface area (Å²) in [5.74, 6) is -2.36. The number of fused-ring (bicyclic) bond motifs is 1. The zero-order valence-corrected chi connectivity index (χ0v) is 17.1. The molecule has 1 aliphatic heterocycles. The van der Waals surface area contributed by atoms with Crippen molar-refractivity contribution >= 4 is 16.9 Å². The van der Waals surface area contributed by atoms with Crippen molar-refractivity contribution in [3.8, 4) is 28.6 Å². The van der Waals surface area contributed by atoms with Crippen molar-refractivity contribution in [2.45, 2.75) is 30.7 Å². The lowest BCUT2D eigenvalue weighted by molar-refractivity contribution is -0.271. The minimum absolute atomic E-state index is 0.152. The van der Waals surface area contributed by atoms with Gasteiger partial charge in [-0.15, -0.1) is 0 Å². The Morgan fingerprint density at radius 1 is 1.03 bits per heavy atom. The smallest absolute Gasteiger partial charge is 0.335 e. The molecule has 3 aromatic rings. The lowest BCUT2D eigenvalue weighted by atomic mass is 9.99. The van der Waals surface area contributed by atoms with Gasteiger partial charge >= 0.3 is 5.97 Å². The van der Waals surface area contributed by atoms with Crippen LogP contribution in [-0.4, -0.2) is 69.3 Å². The van der Waals surface area contributed by atoms with Gasteiger partial charge in [0.1, 0.15) is 35.2 Å². The molecule has 0 radical (unpaired) electrons. The van der Waals surface area contributed by atoms with E-state index in [1.54, 1.807) is 30.3 Å². The average Bonchev–Trinajstić information content (AvgIpc) is 2.79. The summed E-state index contributed by atoms with van der Waals surface area (Å²) in [6, 6.07) is 10.9. The number of carbonyl (C=O) groups is 1. The highest BCUT2D eigenvalue weighted by Gasteiger charge is 2.48. The molecule has 1 aliphatic rings. The Morgan fingerprint density at radius 3 is 2.36 bits per heavy atom. The Labute approximate surface area is 185 Å². The molecule has 5 N–H and O–H groups in total. The Bertz CT molecular complexity index is 1240. The number of aliphatic carboxylic acids is 1. The molecule has 33 heavy (non-hydrogen) atoms. The van der Waals surface area contributed by atoms with Crippen LogP contribution in [0.5, 0.6) is 17.2 Å². The minimum Gasteiger partial charge on any atom is -0.507 e. The van der Waals surface area contributed by atoms with E-state index < -0.39 is 47.9 Å². The fourth-order valence-corrected chi connectivity index (χ4v) is 3.57. The van der Waals surface area contributed by atoms with Gasteiger partial charge in [-0.25, -0.2) is 4.79 Å². The second-order valence-electron chi connectivity index (χ2n) is 7.33. The van der Waals surface area contributed by atoms with Crippen LogP contribution in [0, 0.1) is 0 Å². The first-order valence-corrected chi connectivity index (χ1v) is 9.75. The molecule has 0 saturated carbocycles. The largest absolute Gasteiger partial charge is 0.507 e. The summed E-state index contributed by atoms with van der Waals surface area (Å²) < 4.78 is 21.8. The third-order valence-electron chi connectivity index (χ3n) is 5.22. The number of phenolic OH excluding ortho intramolecular Hbond substituents is 1. The molecule has 1 fully saturated rings. The van der Waals surface area contributed by atoms with Crippen LogP contribution in [0.25, 0.3) is 22.3 Å². The van der Waals surface area contributed by atoms with Gasteiger partial charge in [0.2, 0.25) is 12.0 Å². The molecule has 0 amide bonds. The quantitative estimate of drug-likeness (QED) is 0.357. The second kappa shape index (κ2) is 8.71. The first-order chi connectivity index (χ1) is 15.7. The number of aromatic hydroxyl groups is 1. The molecule has 1 aromatic heterocycles. The van der Waals surface area contributed by atoms with E-state index >= 15 is 0 Å². The maximum atomic E-state index is 12.7. The van der Waals surface area contributed by atoms with Crippen LogP contribution >= 0.6 is 0 Å². The van der Waals surface area contributed by atoms with Crippen molar-refractivity contribution in [3.63, 3.8) is 0 Å². The third-order valence-corrected chi connectivity index (χ3v) is 5.22. The maximum Gasteiger partial charge on any atom is 0.335 e. The molecule has 11 nitrogen and oxygen atoms in total. The van der Waals surface area contributed by atoms with E-state index in [2.05, 4.69) is 0 Å². The van der Waals surface area contributed by atoms with Crippen LogP contribution in [0.4, 0.5) is 0 Å². The summed E-state index contributed by atoms with van der Waals surface area (Å²) in [6.07, 6.45) is -9.31. The van der Waals surface area contributed by atoms with E-state index in [1.165, 1.54) is 13.2 Å². The van der Waals surface area contributed by atoms with Gasteiger partial charge in [-0.3, -0.25) is 4.79 Å². The molecule has 1 saturated heterocycles. The van der Waals surface area contributed by atoms with Crippen molar-refractivity contribution in [3.05, 3.63) is 52.7 Å². The van der Waals surface area contributed by atoms with Crippen LogP contribution < -0.4 is 14.9 Å². The first kappa shape index (κ1) is 22.6.